The Labute approximate surface area is 195 Å². The molecule has 0 aliphatic carbocycles. The molecule has 0 aliphatic rings. The van der Waals surface area contributed by atoms with E-state index in [-0.39, 0.29) is 12.8 Å². The molecule has 0 aromatic rings. The number of carboxylic acids is 1. The number of hydrogen-bond donors (Lipinski definition) is 7. The summed E-state index contributed by atoms with van der Waals surface area (Å²) >= 11 is 2.84. The van der Waals surface area contributed by atoms with Crippen LogP contribution in [0.1, 0.15) is 26.2 Å². The van der Waals surface area contributed by atoms with Crippen LogP contribution in [0.15, 0.2) is 0 Å². The Hall–Kier alpha value is -2.03. The predicted molar refractivity (Wildman–Crippen MR) is 123 cm³/mol. The van der Waals surface area contributed by atoms with Crippen LogP contribution in [0.5, 0.6) is 0 Å². The first kappa shape index (κ1) is 30.0. The molecule has 0 saturated heterocycles. The maximum absolute atomic E-state index is 12.7. The SMILES string of the molecule is CSCCC(NC(=O)C(CCSC)NC(=O)C(CC(N)=O)NC(=O)C(N)C(C)O)C(=O)O. The lowest BCUT2D eigenvalue weighted by molar-refractivity contribution is -0.142. The number of carbonyl (C=O) groups excluding carboxylic acids is 4. The van der Waals surface area contributed by atoms with Crippen molar-refractivity contribution < 1.29 is 34.2 Å². The summed E-state index contributed by atoms with van der Waals surface area (Å²) in [5.41, 5.74) is 10.7. The normalized spacial score (nSPS) is 15.5. The average Bonchev–Trinajstić information content (AvgIpc) is 2.71. The maximum atomic E-state index is 12.7. The predicted octanol–water partition coefficient (Wildman–Crippen LogP) is -2.38. The van der Waals surface area contributed by atoms with E-state index in [1.165, 1.54) is 30.4 Å². The highest BCUT2D eigenvalue weighted by molar-refractivity contribution is 7.98. The Bertz CT molecular complexity index is 666. The van der Waals surface area contributed by atoms with E-state index in [9.17, 15) is 34.2 Å². The molecule has 0 aromatic carbocycles. The second-order valence-corrected chi connectivity index (χ2v) is 8.99. The fourth-order valence-corrected chi connectivity index (χ4v) is 3.38. The lowest BCUT2D eigenvalue weighted by Gasteiger charge is -2.25. The van der Waals surface area contributed by atoms with Crippen molar-refractivity contribution in [1.82, 2.24) is 16.0 Å². The van der Waals surface area contributed by atoms with Gasteiger partial charge < -0.3 is 37.6 Å². The molecule has 184 valence electrons. The molecular formula is C18H33N5O7S2. The summed E-state index contributed by atoms with van der Waals surface area (Å²) in [4.78, 5) is 60.3. The number of rotatable bonds is 16. The van der Waals surface area contributed by atoms with Crippen LogP contribution in [-0.4, -0.2) is 94.1 Å². The Morgan fingerprint density at radius 2 is 1.28 bits per heavy atom. The van der Waals surface area contributed by atoms with Crippen molar-refractivity contribution in [3.05, 3.63) is 0 Å². The summed E-state index contributed by atoms with van der Waals surface area (Å²) < 4.78 is 0. The number of nitrogens with two attached hydrogens (primary N) is 2. The molecule has 5 unspecified atom stereocenters. The van der Waals surface area contributed by atoms with Gasteiger partial charge in [-0.05, 0) is 43.8 Å². The van der Waals surface area contributed by atoms with E-state index in [0.29, 0.717) is 11.5 Å². The van der Waals surface area contributed by atoms with E-state index in [2.05, 4.69) is 16.0 Å². The minimum atomic E-state index is -1.43. The van der Waals surface area contributed by atoms with E-state index in [1.54, 1.807) is 12.5 Å². The number of primary amides is 1. The van der Waals surface area contributed by atoms with Crippen molar-refractivity contribution in [3.63, 3.8) is 0 Å². The third-order valence-electron chi connectivity index (χ3n) is 4.33. The minimum Gasteiger partial charge on any atom is -0.480 e. The van der Waals surface area contributed by atoms with Crippen LogP contribution >= 0.6 is 23.5 Å². The Kier molecular flexibility index (Phi) is 14.7. The molecular weight excluding hydrogens is 462 g/mol. The molecule has 12 nitrogen and oxygen atoms in total. The van der Waals surface area contributed by atoms with Crippen LogP contribution in [0.4, 0.5) is 0 Å². The molecule has 9 N–H and O–H groups in total. The van der Waals surface area contributed by atoms with E-state index in [4.69, 9.17) is 11.5 Å². The molecule has 0 heterocycles. The number of amides is 4. The summed E-state index contributed by atoms with van der Waals surface area (Å²) in [7, 11) is 0. The largest absolute Gasteiger partial charge is 0.480 e. The number of hydrogen-bond acceptors (Lipinski definition) is 9. The molecule has 0 spiro atoms. The second kappa shape index (κ2) is 15.7. The first-order valence-electron chi connectivity index (χ1n) is 9.78. The summed E-state index contributed by atoms with van der Waals surface area (Å²) in [5, 5.41) is 25.9. The maximum Gasteiger partial charge on any atom is 0.326 e. The highest BCUT2D eigenvalue weighted by Crippen LogP contribution is 2.06. The van der Waals surface area contributed by atoms with Crippen LogP contribution in [0.2, 0.25) is 0 Å². The van der Waals surface area contributed by atoms with Gasteiger partial charge in [-0.2, -0.15) is 23.5 Å². The number of aliphatic carboxylic acids is 1. The van der Waals surface area contributed by atoms with Crippen LogP contribution in [0.25, 0.3) is 0 Å². The highest BCUT2D eigenvalue weighted by atomic mass is 32.2. The molecule has 0 radical (unpaired) electrons. The van der Waals surface area contributed by atoms with Gasteiger partial charge in [-0.3, -0.25) is 19.2 Å². The summed E-state index contributed by atoms with van der Waals surface area (Å²) in [6.07, 6.45) is 2.21. The van der Waals surface area contributed by atoms with Gasteiger partial charge in [0.1, 0.15) is 24.2 Å². The van der Waals surface area contributed by atoms with Gasteiger partial charge in [0.05, 0.1) is 12.5 Å². The number of carboxylic acid groups (broad SMARTS) is 1. The van der Waals surface area contributed by atoms with Crippen molar-refractivity contribution in [2.75, 3.05) is 24.0 Å². The van der Waals surface area contributed by atoms with Crippen molar-refractivity contribution in [2.24, 2.45) is 11.5 Å². The van der Waals surface area contributed by atoms with Crippen LogP contribution in [0, 0.1) is 0 Å². The van der Waals surface area contributed by atoms with Gasteiger partial charge in [0.25, 0.3) is 0 Å². The van der Waals surface area contributed by atoms with Crippen LogP contribution in [0.3, 0.4) is 0 Å². The van der Waals surface area contributed by atoms with Crippen molar-refractivity contribution in [1.29, 1.82) is 0 Å². The van der Waals surface area contributed by atoms with Crippen molar-refractivity contribution >= 4 is 53.1 Å². The zero-order chi connectivity index (χ0) is 24.8. The van der Waals surface area contributed by atoms with Gasteiger partial charge in [-0.1, -0.05) is 0 Å². The minimum absolute atomic E-state index is 0.179. The van der Waals surface area contributed by atoms with Gasteiger partial charge in [0.15, 0.2) is 0 Å². The fourth-order valence-electron chi connectivity index (χ4n) is 2.44. The molecule has 14 heteroatoms. The first-order valence-corrected chi connectivity index (χ1v) is 12.6. The van der Waals surface area contributed by atoms with Crippen molar-refractivity contribution in [2.45, 2.75) is 56.5 Å². The van der Waals surface area contributed by atoms with E-state index in [1.807, 2.05) is 0 Å². The van der Waals surface area contributed by atoms with E-state index >= 15 is 0 Å². The quantitative estimate of drug-likeness (QED) is 0.121. The smallest absolute Gasteiger partial charge is 0.326 e. The molecule has 0 bridgehead atoms. The second-order valence-electron chi connectivity index (χ2n) is 7.02. The summed E-state index contributed by atoms with van der Waals surface area (Å²) in [5.74, 6) is -3.55. The van der Waals surface area contributed by atoms with Gasteiger partial charge in [-0.25, -0.2) is 4.79 Å². The number of aliphatic hydroxyl groups is 1. The van der Waals surface area contributed by atoms with Gasteiger partial charge in [-0.15, -0.1) is 0 Å². The number of carbonyl (C=O) groups is 5. The molecule has 0 fully saturated rings. The topological polar surface area (TPSA) is 214 Å². The van der Waals surface area contributed by atoms with Crippen LogP contribution in [-0.2, 0) is 24.0 Å². The summed E-state index contributed by atoms with van der Waals surface area (Å²) in [6, 6.07) is -5.01. The number of aliphatic hydroxyl groups excluding tert-OH is 1. The highest BCUT2D eigenvalue weighted by Gasteiger charge is 2.31. The van der Waals surface area contributed by atoms with Gasteiger partial charge >= 0.3 is 5.97 Å². The lowest BCUT2D eigenvalue weighted by Crippen LogP contribution is -2.58. The lowest BCUT2D eigenvalue weighted by atomic mass is 10.1. The number of nitrogens with one attached hydrogen (secondary N) is 3. The molecule has 0 aromatic heterocycles. The van der Waals surface area contributed by atoms with Crippen LogP contribution < -0.4 is 27.4 Å². The van der Waals surface area contributed by atoms with Crippen molar-refractivity contribution in [3.8, 4) is 0 Å². The monoisotopic (exact) mass is 495 g/mol. The molecule has 32 heavy (non-hydrogen) atoms. The Balaban J connectivity index is 5.44. The first-order chi connectivity index (χ1) is 14.9. The molecule has 5 atom stereocenters. The third kappa shape index (κ3) is 11.5. The standard InChI is InChI=1S/C18H33N5O7S2/c1-9(24)14(20)17(28)23-12(8-13(19)25)16(27)21-10(4-6-31-2)15(26)22-11(18(29)30)5-7-32-3/h9-12,14,24H,4-8,20H2,1-3H3,(H2,19,25)(H,21,27)(H,22,26)(H,23,28)(H,29,30). The third-order valence-corrected chi connectivity index (χ3v) is 5.62. The molecule has 0 saturated carbocycles. The fraction of sp³-hybridized carbons (Fsp3) is 0.722. The average molecular weight is 496 g/mol. The summed E-state index contributed by atoms with van der Waals surface area (Å²) in [6.45, 7) is 1.28. The Morgan fingerprint density at radius 1 is 0.844 bits per heavy atom. The zero-order valence-electron chi connectivity index (χ0n) is 18.3. The van der Waals surface area contributed by atoms with E-state index < -0.39 is 66.3 Å². The molecule has 0 aliphatic heterocycles. The van der Waals surface area contributed by atoms with Gasteiger partial charge in [0.2, 0.25) is 23.6 Å². The molecule has 4 amide bonds. The Morgan fingerprint density at radius 3 is 1.72 bits per heavy atom. The zero-order valence-corrected chi connectivity index (χ0v) is 20.0. The van der Waals surface area contributed by atoms with Gasteiger partial charge in [0, 0.05) is 0 Å². The number of thioether (sulfide) groups is 2. The van der Waals surface area contributed by atoms with E-state index in [0.717, 1.165) is 0 Å². The molecule has 0 rings (SSSR count).